The van der Waals surface area contributed by atoms with Crippen molar-refractivity contribution in [2.45, 2.75) is 13.5 Å². The van der Waals surface area contributed by atoms with Crippen LogP contribution in [0.25, 0.3) is 11.1 Å². The van der Waals surface area contributed by atoms with Crippen LogP contribution in [0.2, 0.25) is 10.0 Å². The molecule has 106 valence electrons. The van der Waals surface area contributed by atoms with Gasteiger partial charge in [-0.1, -0.05) is 48.3 Å². The van der Waals surface area contributed by atoms with E-state index < -0.39 is 0 Å². The van der Waals surface area contributed by atoms with Gasteiger partial charge in [-0.25, -0.2) is 0 Å². The molecule has 0 fully saturated rings. The zero-order chi connectivity index (χ0) is 14.5. The first-order chi connectivity index (χ1) is 9.67. The number of hydrogen-bond acceptors (Lipinski definition) is 2. The number of nitrogens with one attached hydrogen (secondary N) is 1. The first kappa shape index (κ1) is 15.2. The van der Waals surface area contributed by atoms with Crippen LogP contribution in [0.15, 0.2) is 36.4 Å². The van der Waals surface area contributed by atoms with Gasteiger partial charge >= 0.3 is 0 Å². The van der Waals surface area contributed by atoms with Crippen molar-refractivity contribution in [1.29, 1.82) is 0 Å². The zero-order valence-corrected chi connectivity index (χ0v) is 13.1. The van der Waals surface area contributed by atoms with Gasteiger partial charge in [0.05, 0.1) is 17.2 Å². The van der Waals surface area contributed by atoms with Crippen molar-refractivity contribution in [3.05, 3.63) is 52.0 Å². The average molecular weight is 310 g/mol. The number of halogens is 2. The molecular weight excluding hydrogens is 293 g/mol. The molecule has 0 unspecified atom stereocenters. The Balaban J connectivity index is 2.44. The largest absolute Gasteiger partial charge is 0.496 e. The van der Waals surface area contributed by atoms with E-state index in [1.54, 1.807) is 13.2 Å². The van der Waals surface area contributed by atoms with Gasteiger partial charge in [-0.15, -0.1) is 0 Å². The zero-order valence-electron chi connectivity index (χ0n) is 11.5. The molecule has 2 aromatic carbocycles. The molecule has 0 aliphatic carbocycles. The minimum atomic E-state index is 0.563. The van der Waals surface area contributed by atoms with E-state index in [0.717, 1.165) is 35.5 Å². The second kappa shape index (κ2) is 6.98. The van der Waals surface area contributed by atoms with Crippen LogP contribution < -0.4 is 10.1 Å². The van der Waals surface area contributed by atoms with Crippen LogP contribution >= 0.6 is 23.2 Å². The van der Waals surface area contributed by atoms with Crippen LogP contribution in [-0.2, 0) is 6.54 Å². The van der Waals surface area contributed by atoms with E-state index >= 15 is 0 Å². The van der Waals surface area contributed by atoms with E-state index in [1.807, 2.05) is 24.3 Å². The fourth-order valence-electron chi connectivity index (χ4n) is 2.07. The van der Waals surface area contributed by atoms with Crippen molar-refractivity contribution in [3.63, 3.8) is 0 Å². The lowest BCUT2D eigenvalue weighted by Gasteiger charge is -2.12. The van der Waals surface area contributed by atoms with Gasteiger partial charge in [0, 0.05) is 17.7 Å². The minimum Gasteiger partial charge on any atom is -0.496 e. The minimum absolute atomic E-state index is 0.563. The average Bonchev–Trinajstić information content (AvgIpc) is 2.47. The fourth-order valence-corrected chi connectivity index (χ4v) is 2.48. The molecule has 0 aliphatic rings. The van der Waals surface area contributed by atoms with Crippen LogP contribution in [0.5, 0.6) is 5.75 Å². The lowest BCUT2D eigenvalue weighted by Crippen LogP contribution is -2.12. The summed E-state index contributed by atoms with van der Waals surface area (Å²) in [6.07, 6.45) is 0. The summed E-state index contributed by atoms with van der Waals surface area (Å²) in [6.45, 7) is 3.74. The van der Waals surface area contributed by atoms with Crippen molar-refractivity contribution < 1.29 is 4.74 Å². The molecule has 2 rings (SSSR count). The Morgan fingerprint density at radius 3 is 2.65 bits per heavy atom. The predicted octanol–water partition coefficient (Wildman–Crippen LogP) is 4.78. The monoisotopic (exact) mass is 309 g/mol. The Kier molecular flexibility index (Phi) is 5.30. The van der Waals surface area contributed by atoms with Crippen molar-refractivity contribution >= 4 is 23.2 Å². The van der Waals surface area contributed by atoms with E-state index in [9.17, 15) is 0 Å². The van der Waals surface area contributed by atoms with Gasteiger partial charge in [0.1, 0.15) is 5.75 Å². The molecular formula is C16H17Cl2NO. The molecule has 0 saturated heterocycles. The first-order valence-electron chi connectivity index (χ1n) is 6.49. The molecule has 0 spiro atoms. The van der Waals surface area contributed by atoms with Crippen molar-refractivity contribution in [2.75, 3.05) is 13.7 Å². The van der Waals surface area contributed by atoms with Gasteiger partial charge in [-0.05, 0) is 30.3 Å². The van der Waals surface area contributed by atoms with Crippen LogP contribution in [-0.4, -0.2) is 13.7 Å². The maximum atomic E-state index is 6.28. The maximum absolute atomic E-state index is 6.28. The Bertz CT molecular complexity index is 599. The summed E-state index contributed by atoms with van der Waals surface area (Å²) in [5, 5.41) is 4.45. The van der Waals surface area contributed by atoms with Crippen LogP contribution in [0.1, 0.15) is 12.5 Å². The molecule has 0 aromatic heterocycles. The summed E-state index contributed by atoms with van der Waals surface area (Å²) in [4.78, 5) is 0. The number of hydrogen-bond donors (Lipinski definition) is 1. The highest BCUT2D eigenvalue weighted by atomic mass is 35.5. The van der Waals surface area contributed by atoms with E-state index in [-0.39, 0.29) is 0 Å². The van der Waals surface area contributed by atoms with Crippen LogP contribution in [0, 0.1) is 0 Å². The molecule has 0 bridgehead atoms. The third kappa shape index (κ3) is 3.26. The van der Waals surface area contributed by atoms with Crippen molar-refractivity contribution in [3.8, 4) is 16.9 Å². The highest BCUT2D eigenvalue weighted by molar-refractivity contribution is 6.43. The number of benzene rings is 2. The molecule has 0 amide bonds. The number of rotatable bonds is 5. The SMILES string of the molecule is CCNCc1cc(-c2cccc(Cl)c2Cl)ccc1OC. The summed E-state index contributed by atoms with van der Waals surface area (Å²) < 4.78 is 5.39. The van der Waals surface area contributed by atoms with Crippen LogP contribution in [0.3, 0.4) is 0 Å². The molecule has 0 aliphatic heterocycles. The summed E-state index contributed by atoms with van der Waals surface area (Å²) in [6, 6.07) is 11.7. The van der Waals surface area contributed by atoms with Gasteiger partial charge in [-0.2, -0.15) is 0 Å². The third-order valence-electron chi connectivity index (χ3n) is 3.11. The van der Waals surface area contributed by atoms with Gasteiger partial charge in [0.15, 0.2) is 0 Å². The van der Waals surface area contributed by atoms with Gasteiger partial charge in [0.2, 0.25) is 0 Å². The molecule has 1 N–H and O–H groups in total. The van der Waals surface area contributed by atoms with Crippen molar-refractivity contribution in [1.82, 2.24) is 5.32 Å². The lowest BCUT2D eigenvalue weighted by atomic mass is 10.0. The molecule has 20 heavy (non-hydrogen) atoms. The summed E-state index contributed by atoms with van der Waals surface area (Å²) in [5.74, 6) is 0.868. The summed E-state index contributed by atoms with van der Waals surface area (Å²) in [7, 11) is 1.68. The molecule has 0 saturated carbocycles. The second-order valence-corrected chi connectivity index (χ2v) is 5.19. The normalized spacial score (nSPS) is 10.6. The van der Waals surface area contributed by atoms with E-state index in [1.165, 1.54) is 0 Å². The smallest absolute Gasteiger partial charge is 0.123 e. The number of methoxy groups -OCH3 is 1. The second-order valence-electron chi connectivity index (χ2n) is 4.41. The summed E-state index contributed by atoms with van der Waals surface area (Å²) in [5.41, 5.74) is 3.06. The van der Waals surface area contributed by atoms with Gasteiger partial charge < -0.3 is 10.1 Å². The van der Waals surface area contributed by atoms with Gasteiger partial charge in [0.25, 0.3) is 0 Å². The Labute approximate surface area is 129 Å². The van der Waals surface area contributed by atoms with Crippen molar-refractivity contribution in [2.24, 2.45) is 0 Å². The van der Waals surface area contributed by atoms with E-state index in [0.29, 0.717) is 10.0 Å². The molecule has 4 heteroatoms. The highest BCUT2D eigenvalue weighted by Gasteiger charge is 2.10. The molecule has 0 heterocycles. The number of ether oxygens (including phenoxy) is 1. The third-order valence-corrected chi connectivity index (χ3v) is 3.93. The van der Waals surface area contributed by atoms with E-state index in [4.69, 9.17) is 27.9 Å². The Morgan fingerprint density at radius 2 is 1.95 bits per heavy atom. The quantitative estimate of drug-likeness (QED) is 0.858. The lowest BCUT2D eigenvalue weighted by molar-refractivity contribution is 0.408. The molecule has 2 nitrogen and oxygen atoms in total. The Morgan fingerprint density at radius 1 is 1.15 bits per heavy atom. The molecule has 0 radical (unpaired) electrons. The standard InChI is InChI=1S/C16H17Cl2NO/c1-3-19-10-12-9-11(7-8-15(12)20-2)13-5-4-6-14(17)16(13)18/h4-9,19H,3,10H2,1-2H3. The van der Waals surface area contributed by atoms with Gasteiger partial charge in [-0.3, -0.25) is 0 Å². The Hall–Kier alpha value is -1.22. The molecule has 2 aromatic rings. The highest BCUT2D eigenvalue weighted by Crippen LogP contribution is 2.35. The molecule has 0 atom stereocenters. The topological polar surface area (TPSA) is 21.3 Å². The predicted molar refractivity (Wildman–Crippen MR) is 85.8 cm³/mol. The first-order valence-corrected chi connectivity index (χ1v) is 7.25. The fraction of sp³-hybridized carbons (Fsp3) is 0.250. The maximum Gasteiger partial charge on any atom is 0.123 e. The van der Waals surface area contributed by atoms with E-state index in [2.05, 4.69) is 18.3 Å². The summed E-state index contributed by atoms with van der Waals surface area (Å²) >= 11 is 12.4. The van der Waals surface area contributed by atoms with Crippen LogP contribution in [0.4, 0.5) is 0 Å².